The number of carbonyl (C=O) groups is 1. The van der Waals surface area contributed by atoms with Gasteiger partial charge in [0.25, 0.3) is 0 Å². The van der Waals surface area contributed by atoms with Crippen LogP contribution < -0.4 is 5.32 Å². The minimum atomic E-state index is -0.549. The van der Waals surface area contributed by atoms with Gasteiger partial charge in [-0.2, -0.15) is 5.26 Å². The van der Waals surface area contributed by atoms with Crippen molar-refractivity contribution in [2.45, 2.75) is 38.0 Å². The van der Waals surface area contributed by atoms with E-state index in [4.69, 9.17) is 4.98 Å². The molecule has 4 heterocycles. The molecule has 0 saturated carbocycles. The fourth-order valence-corrected chi connectivity index (χ4v) is 7.06. The lowest BCUT2D eigenvalue weighted by Crippen LogP contribution is -2.29. The number of allylic oxidation sites excluding steroid dienone is 3. The van der Waals surface area contributed by atoms with E-state index < -0.39 is 5.41 Å². The number of nitrogens with zero attached hydrogens (tertiary/aromatic N) is 3. The first-order valence-electron chi connectivity index (χ1n) is 11.5. The Hall–Kier alpha value is -3.05. The summed E-state index contributed by atoms with van der Waals surface area (Å²) in [5.74, 6) is 0.0170. The highest BCUT2D eigenvalue weighted by atomic mass is 127. The Labute approximate surface area is 210 Å². The van der Waals surface area contributed by atoms with E-state index in [1.165, 1.54) is 20.4 Å². The standard InChI is InChI=1S/C28H27IN4O/c1-28(2,17-30)22-6-4-18(5-7-22)23-14-26(34)33(3)16-24(23)25-13-19(8-10-31-25)21-12-20-9-11-32-27(20)29-15-21/h4-8,10,12-13,15-16,23,32H,9,11,14H2,1-3H3. The van der Waals surface area contributed by atoms with Gasteiger partial charge < -0.3 is 10.2 Å². The van der Waals surface area contributed by atoms with Crippen molar-refractivity contribution in [3.63, 3.8) is 0 Å². The molecule has 1 aromatic carbocycles. The third-order valence-corrected chi connectivity index (χ3v) is 9.43. The molecule has 1 amide bonds. The second kappa shape index (κ2) is 8.95. The van der Waals surface area contributed by atoms with Crippen LogP contribution in [-0.2, 0) is 10.2 Å². The number of hydrogen-bond donors (Lipinski definition) is 1. The van der Waals surface area contributed by atoms with Crippen molar-refractivity contribution >= 4 is 41.8 Å². The summed E-state index contributed by atoms with van der Waals surface area (Å²) in [6, 6.07) is 14.7. The van der Waals surface area contributed by atoms with Gasteiger partial charge in [0.05, 0.1) is 20.9 Å². The van der Waals surface area contributed by atoms with Crippen LogP contribution in [0, 0.1) is 11.3 Å². The van der Waals surface area contributed by atoms with E-state index in [-0.39, 0.29) is 32.6 Å². The average molecular weight is 562 g/mol. The number of halogens is 1. The third kappa shape index (κ3) is 4.25. The molecule has 0 bridgehead atoms. The first-order chi connectivity index (χ1) is 16.4. The van der Waals surface area contributed by atoms with Crippen LogP contribution in [-0.4, -0.2) is 33.4 Å². The minimum Gasteiger partial charge on any atom is -0.380 e. The van der Waals surface area contributed by atoms with Crippen molar-refractivity contribution in [3.8, 4) is 6.07 Å². The number of pyridine rings is 1. The summed E-state index contributed by atoms with van der Waals surface area (Å²) < 4.78 is 3.84. The van der Waals surface area contributed by atoms with Gasteiger partial charge in [0.15, 0.2) is 0 Å². The van der Waals surface area contributed by atoms with Gasteiger partial charge in [-0.25, -0.2) is 0 Å². The normalized spacial score (nSPS) is 20.1. The summed E-state index contributed by atoms with van der Waals surface area (Å²) in [5, 5.41) is 13.0. The van der Waals surface area contributed by atoms with E-state index >= 15 is 0 Å². The minimum absolute atomic E-state index is 0.0734. The maximum atomic E-state index is 12.6. The van der Waals surface area contributed by atoms with Crippen LogP contribution in [0.3, 0.4) is 0 Å². The van der Waals surface area contributed by atoms with Crippen LogP contribution in [0.25, 0.3) is 11.1 Å². The summed E-state index contributed by atoms with van der Waals surface area (Å²) in [5.41, 5.74) is 7.34. The Morgan fingerprint density at radius 2 is 2.03 bits per heavy atom. The zero-order valence-corrected chi connectivity index (χ0v) is 21.8. The zero-order valence-electron chi connectivity index (χ0n) is 19.6. The van der Waals surface area contributed by atoms with Gasteiger partial charge in [-0.15, -0.1) is 0 Å². The lowest BCUT2D eigenvalue weighted by molar-refractivity contribution is -0.128. The quantitative estimate of drug-likeness (QED) is 0.409. The molecule has 0 saturated heterocycles. The highest BCUT2D eigenvalue weighted by molar-refractivity contribution is 14.2. The molecule has 0 radical (unpaired) electrons. The molecule has 1 unspecified atom stereocenters. The van der Waals surface area contributed by atoms with E-state index in [9.17, 15) is 10.1 Å². The molecule has 0 fully saturated rings. The van der Waals surface area contributed by atoms with E-state index in [0.717, 1.165) is 35.4 Å². The molecule has 1 N–H and O–H groups in total. The second-order valence-corrected chi connectivity index (χ2v) is 11.8. The van der Waals surface area contributed by atoms with Crippen LogP contribution in [0.2, 0.25) is 0 Å². The van der Waals surface area contributed by atoms with Crippen molar-refractivity contribution in [3.05, 3.63) is 86.5 Å². The van der Waals surface area contributed by atoms with E-state index in [1.54, 1.807) is 4.90 Å². The molecular formula is C28H27IN4O. The van der Waals surface area contributed by atoms with Gasteiger partial charge in [0, 0.05) is 43.9 Å². The molecule has 5 nitrogen and oxygen atoms in total. The van der Waals surface area contributed by atoms with Gasteiger partial charge in [-0.3, -0.25) is 9.78 Å². The van der Waals surface area contributed by atoms with Crippen molar-refractivity contribution in [2.24, 2.45) is 0 Å². The molecule has 1 aromatic heterocycles. The lowest BCUT2D eigenvalue weighted by Gasteiger charge is -2.29. The summed E-state index contributed by atoms with van der Waals surface area (Å²) in [4.78, 5) is 19.0. The topological polar surface area (TPSA) is 69.0 Å². The molecule has 3 aliphatic rings. The Balaban J connectivity index is 1.51. The SMILES string of the molecule is CN1C=C(c2cc(C3=CC4=C(NCC4)I=C3)ccn2)C(c2ccc(C(C)(C)C#N)cc2)CC1=O. The van der Waals surface area contributed by atoms with Crippen molar-refractivity contribution in [1.29, 1.82) is 5.26 Å². The van der Waals surface area contributed by atoms with Crippen LogP contribution in [0.4, 0.5) is 0 Å². The summed E-state index contributed by atoms with van der Waals surface area (Å²) in [7, 11) is 1.81. The number of aromatic nitrogens is 1. The Morgan fingerprint density at radius 1 is 1.24 bits per heavy atom. The third-order valence-electron chi connectivity index (χ3n) is 6.75. The maximum Gasteiger partial charge on any atom is 0.227 e. The van der Waals surface area contributed by atoms with Gasteiger partial charge >= 0.3 is 0 Å². The van der Waals surface area contributed by atoms with E-state index in [2.05, 4.69) is 45.7 Å². The Morgan fingerprint density at radius 3 is 2.79 bits per heavy atom. The number of nitrogens with one attached hydrogen (secondary N) is 1. The van der Waals surface area contributed by atoms with Gasteiger partial charge in [0.2, 0.25) is 5.91 Å². The Bertz CT molecular complexity index is 1320. The number of carbonyl (C=O) groups excluding carboxylic acids is 1. The molecule has 34 heavy (non-hydrogen) atoms. The molecule has 0 spiro atoms. The van der Waals surface area contributed by atoms with Crippen LogP contribution >= 0.6 is 20.7 Å². The van der Waals surface area contributed by atoms with Crippen LogP contribution in [0.15, 0.2) is 64.1 Å². The highest BCUT2D eigenvalue weighted by Gasteiger charge is 2.30. The molecule has 6 heteroatoms. The number of hydrogen-bond acceptors (Lipinski definition) is 4. The number of nitriles is 1. The molecular weight excluding hydrogens is 535 g/mol. The molecule has 0 aliphatic carbocycles. The summed E-state index contributed by atoms with van der Waals surface area (Å²) in [6.45, 7) is 4.88. The first-order valence-corrected chi connectivity index (χ1v) is 13.8. The predicted molar refractivity (Wildman–Crippen MR) is 145 cm³/mol. The average Bonchev–Trinajstić information content (AvgIpc) is 3.33. The van der Waals surface area contributed by atoms with Gasteiger partial charge in [-0.05, 0) is 70.3 Å². The maximum absolute atomic E-state index is 12.6. The predicted octanol–water partition coefficient (Wildman–Crippen LogP) is 5.24. The summed E-state index contributed by atoms with van der Waals surface area (Å²) in [6.07, 6.45) is 7.63. The monoisotopic (exact) mass is 562 g/mol. The van der Waals surface area contributed by atoms with E-state index in [0.29, 0.717) is 6.42 Å². The zero-order chi connectivity index (χ0) is 23.9. The van der Waals surface area contributed by atoms with Crippen molar-refractivity contribution in [1.82, 2.24) is 15.2 Å². The highest BCUT2D eigenvalue weighted by Crippen LogP contribution is 2.40. The fraction of sp³-hybridized carbons (Fsp3) is 0.286. The largest absolute Gasteiger partial charge is 0.380 e. The molecule has 3 aliphatic heterocycles. The molecule has 172 valence electrons. The van der Waals surface area contributed by atoms with Crippen molar-refractivity contribution < 1.29 is 4.79 Å². The van der Waals surface area contributed by atoms with E-state index in [1.807, 2.05) is 45.4 Å². The molecule has 2 aromatic rings. The second-order valence-electron chi connectivity index (χ2n) is 9.47. The van der Waals surface area contributed by atoms with Gasteiger partial charge in [0.1, 0.15) is 0 Å². The lowest BCUT2D eigenvalue weighted by atomic mass is 9.81. The van der Waals surface area contributed by atoms with Crippen LogP contribution in [0.5, 0.6) is 0 Å². The number of amides is 1. The summed E-state index contributed by atoms with van der Waals surface area (Å²) >= 11 is -0.130. The molecule has 5 rings (SSSR count). The van der Waals surface area contributed by atoms with Gasteiger partial charge in [-0.1, -0.05) is 45.0 Å². The van der Waals surface area contributed by atoms with Crippen molar-refractivity contribution in [2.75, 3.05) is 13.6 Å². The van der Waals surface area contributed by atoms with Crippen LogP contribution in [0.1, 0.15) is 55.0 Å². The smallest absolute Gasteiger partial charge is 0.227 e. The molecule has 1 atom stereocenters. The number of benzene rings is 1. The fourth-order valence-electron chi connectivity index (χ4n) is 4.56. The first kappa shape index (κ1) is 22.7. The number of rotatable bonds is 4. The Kier molecular flexibility index (Phi) is 5.98.